The summed E-state index contributed by atoms with van der Waals surface area (Å²) in [5.41, 5.74) is 0.453. The molecule has 1 aliphatic heterocycles. The highest BCUT2D eigenvalue weighted by molar-refractivity contribution is 9.10. The van der Waals surface area contributed by atoms with Crippen molar-refractivity contribution in [1.29, 1.82) is 0 Å². The lowest BCUT2D eigenvalue weighted by Gasteiger charge is -2.11. The number of rotatable bonds is 2. The van der Waals surface area contributed by atoms with E-state index >= 15 is 0 Å². The van der Waals surface area contributed by atoms with Crippen molar-refractivity contribution in [3.63, 3.8) is 0 Å². The van der Waals surface area contributed by atoms with Crippen molar-refractivity contribution in [2.75, 3.05) is 11.9 Å². The molecule has 0 bridgehead atoms. The minimum atomic E-state index is -0.471. The highest BCUT2D eigenvalue weighted by atomic mass is 79.9. The van der Waals surface area contributed by atoms with E-state index in [2.05, 4.69) is 31.5 Å². The Labute approximate surface area is 112 Å². The van der Waals surface area contributed by atoms with Crippen molar-refractivity contribution in [1.82, 2.24) is 10.3 Å². The van der Waals surface area contributed by atoms with E-state index in [0.717, 1.165) is 4.47 Å². The molecule has 1 saturated heterocycles. The van der Waals surface area contributed by atoms with Crippen molar-refractivity contribution in [2.45, 2.75) is 18.6 Å². The second-order valence-electron chi connectivity index (χ2n) is 3.83. The highest BCUT2D eigenvalue weighted by Crippen LogP contribution is 2.23. The van der Waals surface area contributed by atoms with Crippen LogP contribution in [0.1, 0.15) is 6.42 Å². The van der Waals surface area contributed by atoms with Crippen LogP contribution in [-0.4, -0.2) is 34.7 Å². The monoisotopic (exact) mass is 319 g/mol. The van der Waals surface area contributed by atoms with Crippen LogP contribution in [0.3, 0.4) is 0 Å². The summed E-state index contributed by atoms with van der Waals surface area (Å²) in [5, 5.41) is 15.2. The van der Waals surface area contributed by atoms with E-state index in [1.165, 1.54) is 0 Å². The Kier molecular flexibility index (Phi) is 3.98. The van der Waals surface area contributed by atoms with Gasteiger partial charge in [-0.05, 0) is 28.4 Å². The van der Waals surface area contributed by atoms with Crippen LogP contribution in [0.2, 0.25) is 5.15 Å². The third-order valence-electron chi connectivity index (χ3n) is 2.49. The molecule has 0 aromatic carbocycles. The third-order valence-corrected chi connectivity index (χ3v) is 3.22. The maximum absolute atomic E-state index is 11.8. The Morgan fingerprint density at radius 2 is 2.47 bits per heavy atom. The summed E-state index contributed by atoms with van der Waals surface area (Å²) in [6, 6.07) is 1.29. The zero-order valence-corrected chi connectivity index (χ0v) is 11.1. The summed E-state index contributed by atoms with van der Waals surface area (Å²) < 4.78 is 0.733. The van der Waals surface area contributed by atoms with Gasteiger partial charge in [-0.2, -0.15) is 0 Å². The summed E-state index contributed by atoms with van der Waals surface area (Å²) in [5.74, 6) is -0.219. The van der Waals surface area contributed by atoms with Gasteiger partial charge in [-0.15, -0.1) is 0 Å². The zero-order chi connectivity index (χ0) is 12.4. The molecule has 92 valence electrons. The van der Waals surface area contributed by atoms with Crippen LogP contribution >= 0.6 is 27.5 Å². The number of pyridine rings is 1. The number of hydrogen-bond donors (Lipinski definition) is 3. The number of aliphatic hydroxyl groups excluding tert-OH is 1. The molecule has 0 spiro atoms. The van der Waals surface area contributed by atoms with Gasteiger partial charge < -0.3 is 15.7 Å². The zero-order valence-electron chi connectivity index (χ0n) is 8.78. The number of anilines is 1. The van der Waals surface area contributed by atoms with E-state index in [9.17, 15) is 9.90 Å². The van der Waals surface area contributed by atoms with Crippen molar-refractivity contribution < 1.29 is 9.90 Å². The second kappa shape index (κ2) is 5.30. The van der Waals surface area contributed by atoms with Crippen LogP contribution in [0, 0.1) is 0 Å². The van der Waals surface area contributed by atoms with Crippen LogP contribution in [0.5, 0.6) is 0 Å². The number of carbonyl (C=O) groups is 1. The first-order valence-electron chi connectivity index (χ1n) is 5.09. The van der Waals surface area contributed by atoms with Gasteiger partial charge in [0.05, 0.1) is 17.8 Å². The predicted molar refractivity (Wildman–Crippen MR) is 68.0 cm³/mol. The molecular weight excluding hydrogens is 309 g/mol. The fourth-order valence-electron chi connectivity index (χ4n) is 1.65. The summed E-state index contributed by atoms with van der Waals surface area (Å²) in [6.07, 6.45) is 1.49. The van der Waals surface area contributed by atoms with Crippen LogP contribution in [0.25, 0.3) is 0 Å². The summed E-state index contributed by atoms with van der Waals surface area (Å²) in [4.78, 5) is 15.7. The van der Waals surface area contributed by atoms with Gasteiger partial charge in [-0.3, -0.25) is 4.79 Å². The van der Waals surface area contributed by atoms with E-state index in [1.54, 1.807) is 12.3 Å². The van der Waals surface area contributed by atoms with Gasteiger partial charge >= 0.3 is 0 Å². The Balaban J connectivity index is 2.05. The molecule has 1 aromatic heterocycles. The lowest BCUT2D eigenvalue weighted by Crippen LogP contribution is -2.35. The lowest BCUT2D eigenvalue weighted by atomic mass is 10.2. The topological polar surface area (TPSA) is 74.2 Å². The first kappa shape index (κ1) is 12.8. The molecule has 0 saturated carbocycles. The maximum atomic E-state index is 11.8. The average molecular weight is 321 g/mol. The van der Waals surface area contributed by atoms with Crippen molar-refractivity contribution >= 4 is 39.1 Å². The number of amides is 1. The van der Waals surface area contributed by atoms with Gasteiger partial charge in [0, 0.05) is 17.2 Å². The average Bonchev–Trinajstić information content (AvgIpc) is 2.70. The number of nitrogens with one attached hydrogen (secondary N) is 2. The van der Waals surface area contributed by atoms with E-state index in [-0.39, 0.29) is 17.1 Å². The van der Waals surface area contributed by atoms with E-state index < -0.39 is 6.10 Å². The standard InChI is InChI=1S/C10H11BrClN3O2/c11-5-1-7(9(12)14-3-5)15-10(17)8-2-6(16)4-13-8/h1,3,6,8,13,16H,2,4H2,(H,15,17). The molecule has 7 heteroatoms. The normalized spacial score (nSPS) is 23.7. The summed E-state index contributed by atoms with van der Waals surface area (Å²) >= 11 is 9.11. The van der Waals surface area contributed by atoms with Crippen LogP contribution in [0.4, 0.5) is 5.69 Å². The van der Waals surface area contributed by atoms with Gasteiger partial charge in [0.1, 0.15) is 0 Å². The number of aliphatic hydroxyl groups is 1. The minimum absolute atomic E-state index is 0.219. The molecule has 3 N–H and O–H groups in total. The van der Waals surface area contributed by atoms with Crippen molar-refractivity contribution in [3.05, 3.63) is 21.9 Å². The van der Waals surface area contributed by atoms with Gasteiger partial charge in [-0.25, -0.2) is 4.98 Å². The van der Waals surface area contributed by atoms with Crippen molar-refractivity contribution in [2.24, 2.45) is 0 Å². The molecule has 2 unspecified atom stereocenters. The number of aromatic nitrogens is 1. The largest absolute Gasteiger partial charge is 0.392 e. The fraction of sp³-hybridized carbons (Fsp3) is 0.400. The molecule has 2 heterocycles. The second-order valence-corrected chi connectivity index (χ2v) is 5.11. The Bertz CT molecular complexity index is 444. The molecule has 1 amide bonds. The first-order chi connectivity index (χ1) is 8.06. The third kappa shape index (κ3) is 3.16. The molecule has 17 heavy (non-hydrogen) atoms. The Morgan fingerprint density at radius 3 is 3.12 bits per heavy atom. The van der Waals surface area contributed by atoms with Crippen LogP contribution in [-0.2, 0) is 4.79 Å². The summed E-state index contributed by atoms with van der Waals surface area (Å²) in [7, 11) is 0. The smallest absolute Gasteiger partial charge is 0.241 e. The molecule has 0 radical (unpaired) electrons. The molecule has 2 rings (SSSR count). The maximum Gasteiger partial charge on any atom is 0.241 e. The van der Waals surface area contributed by atoms with E-state index in [4.69, 9.17) is 11.6 Å². The molecule has 1 fully saturated rings. The van der Waals surface area contributed by atoms with E-state index in [1.807, 2.05) is 0 Å². The Morgan fingerprint density at radius 1 is 1.71 bits per heavy atom. The summed E-state index contributed by atoms with van der Waals surface area (Å²) in [6.45, 7) is 0.433. The number of halogens is 2. The van der Waals surface area contributed by atoms with Gasteiger partial charge in [0.25, 0.3) is 0 Å². The quantitative estimate of drug-likeness (QED) is 0.715. The van der Waals surface area contributed by atoms with E-state index in [0.29, 0.717) is 18.7 Å². The van der Waals surface area contributed by atoms with Crippen LogP contribution < -0.4 is 10.6 Å². The first-order valence-corrected chi connectivity index (χ1v) is 6.26. The number of β-amino-alcohol motifs (C(OH)–C–C–N with tert-alkyl or cyclic N) is 1. The van der Waals surface area contributed by atoms with Crippen LogP contribution in [0.15, 0.2) is 16.7 Å². The SMILES string of the molecule is O=C(Nc1cc(Br)cnc1Cl)C1CC(O)CN1. The molecular formula is C10H11BrClN3O2. The molecule has 1 aliphatic rings. The highest BCUT2D eigenvalue weighted by Gasteiger charge is 2.28. The number of hydrogen-bond acceptors (Lipinski definition) is 4. The van der Waals surface area contributed by atoms with Gasteiger partial charge in [-0.1, -0.05) is 11.6 Å². The Hall–Kier alpha value is -0.690. The molecule has 2 atom stereocenters. The van der Waals surface area contributed by atoms with Crippen molar-refractivity contribution in [3.8, 4) is 0 Å². The molecule has 1 aromatic rings. The minimum Gasteiger partial charge on any atom is -0.392 e. The molecule has 5 nitrogen and oxygen atoms in total. The fourth-order valence-corrected chi connectivity index (χ4v) is 2.13. The lowest BCUT2D eigenvalue weighted by molar-refractivity contribution is -0.117. The van der Waals surface area contributed by atoms with Gasteiger partial charge in [0.15, 0.2) is 5.15 Å². The number of nitrogens with zero attached hydrogens (tertiary/aromatic N) is 1. The predicted octanol–water partition coefficient (Wildman–Crippen LogP) is 1.16. The van der Waals surface area contributed by atoms with Gasteiger partial charge in [0.2, 0.25) is 5.91 Å². The molecule has 0 aliphatic carbocycles. The number of carbonyl (C=O) groups excluding carboxylic acids is 1.